The quantitative estimate of drug-likeness (QED) is 0.635. The number of hydrogen-bond acceptors (Lipinski definition) is 4. The van der Waals surface area contributed by atoms with Gasteiger partial charge in [-0.3, -0.25) is 4.79 Å². The number of amides is 1. The molecule has 3 rings (SSSR count). The Balaban J connectivity index is 1.93. The molecule has 0 saturated heterocycles. The van der Waals surface area contributed by atoms with Crippen molar-refractivity contribution in [1.82, 2.24) is 0 Å². The number of rotatable bonds is 4. The van der Waals surface area contributed by atoms with Crippen LogP contribution in [0.4, 0.5) is 5.00 Å². The first kappa shape index (κ1) is 18.0. The summed E-state index contributed by atoms with van der Waals surface area (Å²) in [6.07, 6.45) is 2.62. The molecule has 0 saturated carbocycles. The summed E-state index contributed by atoms with van der Waals surface area (Å²) in [5.74, 6) is -0.299. The van der Waals surface area contributed by atoms with Crippen LogP contribution in [0.1, 0.15) is 45.6 Å². The molecule has 0 unspecified atom stereocenters. The number of alkyl halides is 1. The second-order valence-electron chi connectivity index (χ2n) is 6.16. The highest BCUT2D eigenvalue weighted by Crippen LogP contribution is 2.42. The van der Waals surface area contributed by atoms with Crippen LogP contribution in [0.5, 0.6) is 0 Å². The fourth-order valence-corrected chi connectivity index (χ4v) is 4.59. The molecular formula is C19H20ClNO3S. The molecular weight excluding hydrogens is 358 g/mol. The molecule has 4 nitrogen and oxygen atoms in total. The van der Waals surface area contributed by atoms with E-state index in [4.69, 9.17) is 16.3 Å². The maximum absolute atomic E-state index is 12.3. The number of esters is 1. The number of hydrogen-bond donors (Lipinski definition) is 1. The first-order valence-electron chi connectivity index (χ1n) is 8.24. The molecule has 0 aliphatic heterocycles. The molecule has 1 amide bonds. The third-order valence-electron chi connectivity index (χ3n) is 4.52. The summed E-state index contributed by atoms with van der Waals surface area (Å²) in [6.45, 7) is 1.60. The molecule has 1 aromatic carbocycles. The standard InChI is InChI=1S/C19H20ClNO3S/c1-11(20)17(22)21-18-16(19(23)24-2)14-9-8-13(10-15(14)25-18)12-6-4-3-5-7-12/h3-7,11,13H,8-10H2,1-2H3,(H,21,22)/t11-,13-/m1/s1. The van der Waals surface area contributed by atoms with Gasteiger partial charge in [0, 0.05) is 4.88 Å². The van der Waals surface area contributed by atoms with Crippen LogP contribution >= 0.6 is 22.9 Å². The van der Waals surface area contributed by atoms with E-state index in [0.29, 0.717) is 16.5 Å². The van der Waals surface area contributed by atoms with E-state index in [9.17, 15) is 9.59 Å². The van der Waals surface area contributed by atoms with E-state index in [2.05, 4.69) is 17.4 Å². The van der Waals surface area contributed by atoms with E-state index in [1.807, 2.05) is 18.2 Å². The van der Waals surface area contributed by atoms with Crippen LogP contribution in [0.25, 0.3) is 0 Å². The van der Waals surface area contributed by atoms with E-state index < -0.39 is 11.3 Å². The van der Waals surface area contributed by atoms with Crippen LogP contribution in [0.3, 0.4) is 0 Å². The van der Waals surface area contributed by atoms with Crippen molar-refractivity contribution in [3.63, 3.8) is 0 Å². The molecule has 0 bridgehead atoms. The average molecular weight is 378 g/mol. The van der Waals surface area contributed by atoms with Crippen molar-refractivity contribution in [3.05, 3.63) is 51.9 Å². The van der Waals surface area contributed by atoms with Crippen molar-refractivity contribution < 1.29 is 14.3 Å². The van der Waals surface area contributed by atoms with Crippen molar-refractivity contribution in [3.8, 4) is 0 Å². The lowest BCUT2D eigenvalue weighted by atomic mass is 9.83. The maximum Gasteiger partial charge on any atom is 0.341 e. The highest BCUT2D eigenvalue weighted by atomic mass is 35.5. The van der Waals surface area contributed by atoms with Crippen molar-refractivity contribution >= 4 is 39.8 Å². The smallest absolute Gasteiger partial charge is 0.341 e. The molecule has 1 aliphatic carbocycles. The number of nitrogens with one attached hydrogen (secondary N) is 1. The largest absolute Gasteiger partial charge is 0.465 e. The summed E-state index contributed by atoms with van der Waals surface area (Å²) in [7, 11) is 1.36. The van der Waals surface area contributed by atoms with Gasteiger partial charge in [-0.15, -0.1) is 22.9 Å². The van der Waals surface area contributed by atoms with E-state index in [1.165, 1.54) is 24.0 Å². The van der Waals surface area contributed by atoms with E-state index >= 15 is 0 Å². The number of carbonyl (C=O) groups excluding carboxylic acids is 2. The second kappa shape index (κ2) is 7.58. The average Bonchev–Trinajstić information content (AvgIpc) is 2.98. The van der Waals surface area contributed by atoms with Gasteiger partial charge in [-0.25, -0.2) is 4.79 Å². The maximum atomic E-state index is 12.3. The molecule has 25 heavy (non-hydrogen) atoms. The van der Waals surface area contributed by atoms with Crippen LogP contribution < -0.4 is 5.32 Å². The SMILES string of the molecule is COC(=O)c1c(NC(=O)[C@@H](C)Cl)sc2c1CC[C@@H](c1ccccc1)C2. The number of fused-ring (bicyclic) bond motifs is 1. The molecule has 0 fully saturated rings. The normalized spacial score (nSPS) is 17.5. The predicted molar refractivity (Wildman–Crippen MR) is 101 cm³/mol. The highest BCUT2D eigenvalue weighted by Gasteiger charge is 2.30. The van der Waals surface area contributed by atoms with Crippen LogP contribution in [-0.2, 0) is 22.4 Å². The second-order valence-corrected chi connectivity index (χ2v) is 7.91. The van der Waals surface area contributed by atoms with E-state index in [1.54, 1.807) is 6.92 Å². The summed E-state index contributed by atoms with van der Waals surface area (Å²) < 4.78 is 4.94. The number of anilines is 1. The van der Waals surface area contributed by atoms with Crippen molar-refractivity contribution in [1.29, 1.82) is 0 Å². The Bertz CT molecular complexity index is 785. The van der Waals surface area contributed by atoms with Gasteiger partial charge in [-0.1, -0.05) is 30.3 Å². The minimum atomic E-state index is -0.665. The third-order valence-corrected chi connectivity index (χ3v) is 5.89. The monoisotopic (exact) mass is 377 g/mol. The van der Waals surface area contributed by atoms with Gasteiger partial charge in [0.05, 0.1) is 12.7 Å². The zero-order valence-corrected chi connectivity index (χ0v) is 15.7. The Morgan fingerprint density at radius 2 is 2.04 bits per heavy atom. The lowest BCUT2D eigenvalue weighted by Crippen LogP contribution is -2.21. The lowest BCUT2D eigenvalue weighted by molar-refractivity contribution is -0.115. The Morgan fingerprint density at radius 1 is 1.32 bits per heavy atom. The highest BCUT2D eigenvalue weighted by molar-refractivity contribution is 7.17. The number of ether oxygens (including phenoxy) is 1. The fourth-order valence-electron chi connectivity index (χ4n) is 3.21. The minimum absolute atomic E-state index is 0.315. The van der Waals surface area contributed by atoms with Crippen LogP contribution in [-0.4, -0.2) is 24.4 Å². The van der Waals surface area contributed by atoms with Gasteiger partial charge in [-0.05, 0) is 43.2 Å². The van der Waals surface area contributed by atoms with Gasteiger partial charge in [0.25, 0.3) is 0 Å². The van der Waals surface area contributed by atoms with Gasteiger partial charge in [0.1, 0.15) is 10.4 Å². The number of benzene rings is 1. The molecule has 1 heterocycles. The number of thiophene rings is 1. The molecule has 132 valence electrons. The van der Waals surface area contributed by atoms with Crippen molar-refractivity contribution in [2.45, 2.75) is 37.5 Å². The molecule has 6 heteroatoms. The summed E-state index contributed by atoms with van der Waals surface area (Å²) in [5, 5.41) is 2.66. The van der Waals surface area contributed by atoms with Gasteiger partial charge in [0.15, 0.2) is 0 Å². The summed E-state index contributed by atoms with van der Waals surface area (Å²) in [4.78, 5) is 25.4. The number of carbonyl (C=O) groups is 2. The minimum Gasteiger partial charge on any atom is -0.465 e. The van der Waals surface area contributed by atoms with E-state index in [-0.39, 0.29) is 5.91 Å². The zero-order chi connectivity index (χ0) is 18.0. The Hall–Kier alpha value is -1.85. The van der Waals surface area contributed by atoms with Crippen LogP contribution in [0, 0.1) is 0 Å². The Kier molecular flexibility index (Phi) is 5.45. The number of methoxy groups -OCH3 is 1. The Morgan fingerprint density at radius 3 is 2.68 bits per heavy atom. The van der Waals surface area contributed by atoms with Gasteiger partial charge in [0.2, 0.25) is 5.91 Å². The summed E-state index contributed by atoms with van der Waals surface area (Å²) >= 11 is 7.31. The van der Waals surface area contributed by atoms with Gasteiger partial charge >= 0.3 is 5.97 Å². The van der Waals surface area contributed by atoms with Crippen molar-refractivity contribution in [2.75, 3.05) is 12.4 Å². The third kappa shape index (κ3) is 3.72. The first-order valence-corrected chi connectivity index (χ1v) is 9.49. The first-order chi connectivity index (χ1) is 12.0. The molecule has 1 aromatic heterocycles. The molecule has 2 aromatic rings. The van der Waals surface area contributed by atoms with Crippen LogP contribution in [0.15, 0.2) is 30.3 Å². The summed E-state index contributed by atoms with van der Waals surface area (Å²) in [6, 6.07) is 10.4. The molecule has 1 aliphatic rings. The molecule has 0 radical (unpaired) electrons. The van der Waals surface area contributed by atoms with Gasteiger partial charge in [-0.2, -0.15) is 0 Å². The summed E-state index contributed by atoms with van der Waals surface area (Å²) in [5.41, 5.74) is 2.79. The van der Waals surface area contributed by atoms with Crippen LogP contribution in [0.2, 0.25) is 0 Å². The molecule has 1 N–H and O–H groups in total. The molecule has 0 spiro atoms. The van der Waals surface area contributed by atoms with Crippen molar-refractivity contribution in [2.24, 2.45) is 0 Å². The molecule has 2 atom stereocenters. The number of halogens is 1. The lowest BCUT2D eigenvalue weighted by Gasteiger charge is -2.22. The fraction of sp³-hybridized carbons (Fsp3) is 0.368. The zero-order valence-electron chi connectivity index (χ0n) is 14.2. The predicted octanol–water partition coefficient (Wildman–Crippen LogP) is 4.37. The van der Waals surface area contributed by atoms with Gasteiger partial charge < -0.3 is 10.1 Å². The Labute approximate surface area is 156 Å². The topological polar surface area (TPSA) is 55.4 Å². The van der Waals surface area contributed by atoms with E-state index in [0.717, 1.165) is 29.7 Å².